The van der Waals surface area contributed by atoms with Crippen molar-refractivity contribution in [2.45, 2.75) is 26.7 Å². The van der Waals surface area contributed by atoms with Gasteiger partial charge in [-0.1, -0.05) is 13.3 Å². The van der Waals surface area contributed by atoms with Crippen LogP contribution in [0.15, 0.2) is 42.5 Å². The van der Waals surface area contributed by atoms with Gasteiger partial charge in [0.25, 0.3) is 0 Å². The topological polar surface area (TPSA) is 66.8 Å². The molecule has 24 heavy (non-hydrogen) atoms. The van der Waals surface area contributed by atoms with Gasteiger partial charge >= 0.3 is 0 Å². The number of rotatable bonds is 7. The molecule has 0 amide bonds. The SMILES string of the molecule is CCCc1cc(/C=C/C(=O)c2ccc(O)cc2)c(OCC)cc1O. The van der Waals surface area contributed by atoms with Crippen molar-refractivity contribution in [2.24, 2.45) is 0 Å². The maximum absolute atomic E-state index is 12.2. The number of ether oxygens (including phenoxy) is 1. The van der Waals surface area contributed by atoms with Gasteiger partial charge in [0.1, 0.15) is 17.2 Å². The number of phenols is 2. The minimum Gasteiger partial charge on any atom is -0.508 e. The molecular formula is C20H22O4. The van der Waals surface area contributed by atoms with Gasteiger partial charge in [-0.2, -0.15) is 0 Å². The standard InChI is InChI=1S/C20H22O4/c1-3-5-15-12-16(20(24-4-2)13-19(15)23)8-11-18(22)14-6-9-17(21)10-7-14/h6-13,21,23H,3-5H2,1-2H3/b11-8+. The summed E-state index contributed by atoms with van der Waals surface area (Å²) in [5, 5.41) is 19.3. The Morgan fingerprint density at radius 2 is 1.83 bits per heavy atom. The highest BCUT2D eigenvalue weighted by atomic mass is 16.5. The number of hydrogen-bond acceptors (Lipinski definition) is 4. The Balaban J connectivity index is 2.30. The summed E-state index contributed by atoms with van der Waals surface area (Å²) >= 11 is 0. The molecule has 0 bridgehead atoms. The second kappa shape index (κ2) is 8.20. The number of benzene rings is 2. The van der Waals surface area contributed by atoms with Gasteiger partial charge in [0.2, 0.25) is 0 Å². The van der Waals surface area contributed by atoms with Gasteiger partial charge < -0.3 is 14.9 Å². The van der Waals surface area contributed by atoms with E-state index < -0.39 is 0 Å². The molecule has 2 rings (SSSR count). The van der Waals surface area contributed by atoms with E-state index in [4.69, 9.17) is 4.74 Å². The minimum atomic E-state index is -0.164. The highest BCUT2D eigenvalue weighted by Crippen LogP contribution is 2.30. The van der Waals surface area contributed by atoms with Crippen LogP contribution in [-0.4, -0.2) is 22.6 Å². The molecule has 0 aliphatic heterocycles. The number of aryl methyl sites for hydroxylation is 1. The summed E-state index contributed by atoms with van der Waals surface area (Å²) in [4.78, 5) is 12.2. The average Bonchev–Trinajstić information content (AvgIpc) is 2.57. The molecule has 0 radical (unpaired) electrons. The van der Waals surface area contributed by atoms with Crippen molar-refractivity contribution in [2.75, 3.05) is 6.61 Å². The van der Waals surface area contributed by atoms with E-state index in [1.807, 2.05) is 19.9 Å². The molecule has 4 nitrogen and oxygen atoms in total. The first kappa shape index (κ1) is 17.6. The van der Waals surface area contributed by atoms with E-state index in [0.717, 1.165) is 24.0 Å². The third kappa shape index (κ3) is 4.38. The zero-order valence-corrected chi connectivity index (χ0v) is 14.0. The zero-order chi connectivity index (χ0) is 17.5. The molecule has 2 aromatic rings. The molecule has 0 saturated heterocycles. The fourth-order valence-corrected chi connectivity index (χ4v) is 2.40. The summed E-state index contributed by atoms with van der Waals surface area (Å²) in [7, 11) is 0. The van der Waals surface area contributed by atoms with Crippen LogP contribution >= 0.6 is 0 Å². The monoisotopic (exact) mass is 326 g/mol. The summed E-state index contributed by atoms with van der Waals surface area (Å²) in [6, 6.07) is 9.55. The van der Waals surface area contributed by atoms with E-state index in [1.54, 1.807) is 24.3 Å². The number of phenolic OH excluding ortho intramolecular Hbond substituents is 2. The number of allylic oxidation sites excluding steroid dienone is 1. The molecule has 0 unspecified atom stereocenters. The molecule has 0 spiro atoms. The molecule has 4 heteroatoms. The Morgan fingerprint density at radius 1 is 1.12 bits per heavy atom. The first-order chi connectivity index (χ1) is 11.5. The Kier molecular flexibility index (Phi) is 6.01. The summed E-state index contributed by atoms with van der Waals surface area (Å²) in [5.74, 6) is 0.714. The first-order valence-electron chi connectivity index (χ1n) is 8.05. The second-order valence-corrected chi connectivity index (χ2v) is 5.45. The fourth-order valence-electron chi connectivity index (χ4n) is 2.40. The number of carbonyl (C=O) groups is 1. The molecule has 0 aliphatic carbocycles. The third-order valence-corrected chi connectivity index (χ3v) is 3.60. The van der Waals surface area contributed by atoms with Crippen molar-refractivity contribution in [3.8, 4) is 17.2 Å². The lowest BCUT2D eigenvalue weighted by atomic mass is 10.0. The lowest BCUT2D eigenvalue weighted by molar-refractivity contribution is 0.104. The van der Waals surface area contributed by atoms with Gasteiger partial charge in [-0.15, -0.1) is 0 Å². The zero-order valence-electron chi connectivity index (χ0n) is 14.0. The van der Waals surface area contributed by atoms with Gasteiger partial charge in [0.05, 0.1) is 6.61 Å². The fraction of sp³-hybridized carbons (Fsp3) is 0.250. The molecule has 0 atom stereocenters. The maximum Gasteiger partial charge on any atom is 0.185 e. The average molecular weight is 326 g/mol. The normalized spacial score (nSPS) is 10.9. The van der Waals surface area contributed by atoms with Crippen LogP contribution in [0.3, 0.4) is 0 Å². The Hall–Kier alpha value is -2.75. The van der Waals surface area contributed by atoms with Gasteiger partial charge in [0, 0.05) is 17.2 Å². The van der Waals surface area contributed by atoms with E-state index >= 15 is 0 Å². The van der Waals surface area contributed by atoms with Crippen LogP contribution in [0, 0.1) is 0 Å². The first-order valence-corrected chi connectivity index (χ1v) is 8.05. The van der Waals surface area contributed by atoms with E-state index in [0.29, 0.717) is 17.9 Å². The molecule has 0 aliphatic rings. The lowest BCUT2D eigenvalue weighted by Gasteiger charge is -2.11. The van der Waals surface area contributed by atoms with E-state index in [2.05, 4.69) is 0 Å². The summed E-state index contributed by atoms with van der Waals surface area (Å²) in [6.07, 6.45) is 4.83. The lowest BCUT2D eigenvalue weighted by Crippen LogP contribution is -1.97. The van der Waals surface area contributed by atoms with Crippen LogP contribution in [-0.2, 0) is 6.42 Å². The number of ketones is 1. The van der Waals surface area contributed by atoms with Crippen molar-refractivity contribution in [1.29, 1.82) is 0 Å². The number of aromatic hydroxyl groups is 2. The molecule has 2 aromatic carbocycles. The minimum absolute atomic E-state index is 0.122. The van der Waals surface area contributed by atoms with Crippen LogP contribution in [0.1, 0.15) is 41.8 Å². The van der Waals surface area contributed by atoms with Gasteiger partial charge in [0.15, 0.2) is 5.78 Å². The van der Waals surface area contributed by atoms with Crippen LogP contribution in [0.5, 0.6) is 17.2 Å². The van der Waals surface area contributed by atoms with Crippen LogP contribution in [0.2, 0.25) is 0 Å². The van der Waals surface area contributed by atoms with Gasteiger partial charge in [-0.25, -0.2) is 0 Å². The highest BCUT2D eigenvalue weighted by molar-refractivity contribution is 6.07. The molecule has 0 saturated carbocycles. The summed E-state index contributed by atoms with van der Waals surface area (Å²) in [5.41, 5.74) is 2.08. The molecule has 0 aromatic heterocycles. The smallest absolute Gasteiger partial charge is 0.185 e. The van der Waals surface area contributed by atoms with E-state index in [1.165, 1.54) is 18.2 Å². The Morgan fingerprint density at radius 3 is 2.46 bits per heavy atom. The largest absolute Gasteiger partial charge is 0.508 e. The van der Waals surface area contributed by atoms with Crippen molar-refractivity contribution in [3.05, 3.63) is 59.2 Å². The van der Waals surface area contributed by atoms with Crippen LogP contribution < -0.4 is 4.74 Å². The van der Waals surface area contributed by atoms with Crippen LogP contribution in [0.4, 0.5) is 0 Å². The van der Waals surface area contributed by atoms with Crippen LogP contribution in [0.25, 0.3) is 6.08 Å². The Bertz CT molecular complexity index is 730. The van der Waals surface area contributed by atoms with Gasteiger partial charge in [-0.05, 0) is 61.4 Å². The molecule has 0 heterocycles. The number of carbonyl (C=O) groups excluding carboxylic acids is 1. The van der Waals surface area contributed by atoms with E-state index in [-0.39, 0.29) is 17.3 Å². The molecule has 2 N–H and O–H groups in total. The summed E-state index contributed by atoms with van der Waals surface area (Å²) < 4.78 is 5.55. The highest BCUT2D eigenvalue weighted by Gasteiger charge is 2.09. The third-order valence-electron chi connectivity index (χ3n) is 3.60. The molecular weight excluding hydrogens is 304 g/mol. The second-order valence-electron chi connectivity index (χ2n) is 5.45. The molecule has 126 valence electrons. The van der Waals surface area contributed by atoms with Crippen molar-refractivity contribution >= 4 is 11.9 Å². The number of hydrogen-bond donors (Lipinski definition) is 2. The summed E-state index contributed by atoms with van der Waals surface area (Å²) in [6.45, 7) is 4.38. The quantitative estimate of drug-likeness (QED) is 0.586. The predicted molar refractivity (Wildman–Crippen MR) is 94.7 cm³/mol. The van der Waals surface area contributed by atoms with Gasteiger partial charge in [-0.3, -0.25) is 4.79 Å². The van der Waals surface area contributed by atoms with E-state index in [9.17, 15) is 15.0 Å². The van der Waals surface area contributed by atoms with Crippen molar-refractivity contribution < 1.29 is 19.7 Å². The Labute approximate surface area is 142 Å². The predicted octanol–water partition coefficient (Wildman–Crippen LogP) is 4.35. The molecule has 0 fully saturated rings. The maximum atomic E-state index is 12.2. The van der Waals surface area contributed by atoms with Crippen molar-refractivity contribution in [1.82, 2.24) is 0 Å². The van der Waals surface area contributed by atoms with Crippen molar-refractivity contribution in [3.63, 3.8) is 0 Å².